The molecule has 2 N–H and O–H groups in total. The van der Waals surface area contributed by atoms with Crippen molar-refractivity contribution in [3.8, 4) is 11.5 Å². The van der Waals surface area contributed by atoms with Gasteiger partial charge < -0.3 is 24.8 Å². The van der Waals surface area contributed by atoms with Gasteiger partial charge >= 0.3 is 12.2 Å². The topological polar surface area (TPSA) is 85.9 Å². The molecule has 2 aromatic carbocycles. The summed E-state index contributed by atoms with van der Waals surface area (Å²) in [6.45, 7) is 1.91. The van der Waals surface area contributed by atoms with Gasteiger partial charge in [-0.05, 0) is 49.4 Å². The Balaban J connectivity index is 1.92. The molecule has 0 aliphatic heterocycles. The largest absolute Gasteiger partial charge is 0.513 e. The van der Waals surface area contributed by atoms with E-state index in [9.17, 15) is 9.59 Å². The molecule has 0 saturated carbocycles. The van der Waals surface area contributed by atoms with Crippen LogP contribution in [0.25, 0.3) is 0 Å². The minimum Gasteiger partial charge on any atom is -0.495 e. The molecule has 8 heteroatoms. The summed E-state index contributed by atoms with van der Waals surface area (Å²) in [5.74, 6) is 0.830. The van der Waals surface area contributed by atoms with E-state index in [4.69, 9.17) is 21.1 Å². The third-order valence-electron chi connectivity index (χ3n) is 2.99. The lowest BCUT2D eigenvalue weighted by molar-refractivity contribution is 0.104. The van der Waals surface area contributed by atoms with Gasteiger partial charge in [-0.2, -0.15) is 0 Å². The van der Waals surface area contributed by atoms with E-state index in [2.05, 4.69) is 15.4 Å². The number of halogens is 1. The third-order valence-corrected chi connectivity index (χ3v) is 3.28. The second-order valence-corrected chi connectivity index (χ2v) is 5.15. The molecule has 2 aromatic rings. The van der Waals surface area contributed by atoms with Gasteiger partial charge in [0, 0.05) is 11.4 Å². The maximum atomic E-state index is 12.0. The molecule has 0 heterocycles. The first kappa shape index (κ1) is 18.4. The Kier molecular flexibility index (Phi) is 6.47. The minimum absolute atomic E-state index is 0.230. The summed E-state index contributed by atoms with van der Waals surface area (Å²) in [4.78, 5) is 23.2. The van der Waals surface area contributed by atoms with Gasteiger partial charge in [-0.3, -0.25) is 0 Å². The van der Waals surface area contributed by atoms with Gasteiger partial charge in [0.25, 0.3) is 0 Å². The van der Waals surface area contributed by atoms with Crippen LogP contribution < -0.4 is 20.1 Å². The van der Waals surface area contributed by atoms with Crippen molar-refractivity contribution in [2.24, 2.45) is 0 Å². The molecule has 0 fully saturated rings. The maximum absolute atomic E-state index is 12.0. The monoisotopic (exact) mass is 364 g/mol. The van der Waals surface area contributed by atoms with Gasteiger partial charge in [-0.25, -0.2) is 9.59 Å². The van der Waals surface area contributed by atoms with E-state index in [1.165, 1.54) is 19.2 Å². The van der Waals surface area contributed by atoms with Crippen molar-refractivity contribution < 1.29 is 23.8 Å². The molecule has 25 heavy (non-hydrogen) atoms. The minimum atomic E-state index is -0.780. The van der Waals surface area contributed by atoms with Crippen LogP contribution in [-0.4, -0.2) is 25.9 Å². The lowest BCUT2D eigenvalue weighted by Crippen LogP contribution is -2.19. The van der Waals surface area contributed by atoms with Gasteiger partial charge in [0.05, 0.1) is 18.7 Å². The van der Waals surface area contributed by atoms with Crippen LogP contribution in [0.2, 0.25) is 5.02 Å². The molecular weight excluding hydrogens is 348 g/mol. The first-order valence-corrected chi connectivity index (χ1v) is 7.76. The van der Waals surface area contributed by atoms with Crippen molar-refractivity contribution in [3.05, 3.63) is 47.5 Å². The van der Waals surface area contributed by atoms with Crippen LogP contribution in [-0.2, 0) is 4.74 Å². The number of nitrogens with one attached hydrogen (secondary N) is 2. The zero-order valence-electron chi connectivity index (χ0n) is 13.7. The number of anilines is 2. The highest BCUT2D eigenvalue weighted by molar-refractivity contribution is 6.32. The van der Waals surface area contributed by atoms with E-state index in [0.29, 0.717) is 27.9 Å². The number of amides is 2. The van der Waals surface area contributed by atoms with Crippen molar-refractivity contribution in [1.29, 1.82) is 0 Å². The normalized spacial score (nSPS) is 9.88. The fraction of sp³-hybridized carbons (Fsp3) is 0.176. The first-order valence-electron chi connectivity index (χ1n) is 7.38. The average Bonchev–Trinajstić information content (AvgIpc) is 2.57. The second-order valence-electron chi connectivity index (χ2n) is 4.74. The smallest absolute Gasteiger partial charge is 0.495 e. The lowest BCUT2D eigenvalue weighted by atomic mass is 10.3. The van der Waals surface area contributed by atoms with Crippen LogP contribution in [0.4, 0.5) is 21.0 Å². The number of ether oxygens (including phenoxy) is 3. The quantitative estimate of drug-likeness (QED) is 0.601. The van der Waals surface area contributed by atoms with E-state index < -0.39 is 12.2 Å². The second kappa shape index (κ2) is 8.79. The Morgan fingerprint density at radius 2 is 1.68 bits per heavy atom. The van der Waals surface area contributed by atoms with Gasteiger partial charge in [0.15, 0.2) is 0 Å². The summed E-state index contributed by atoms with van der Waals surface area (Å²) in [6, 6.07) is 10.7. The molecule has 0 radical (unpaired) electrons. The van der Waals surface area contributed by atoms with Crippen LogP contribution in [0.5, 0.6) is 11.5 Å². The van der Waals surface area contributed by atoms with E-state index in [1.54, 1.807) is 37.3 Å². The number of rotatable bonds is 5. The predicted octanol–water partition coefficient (Wildman–Crippen LogP) is 4.53. The number of hydrogen-bond acceptors (Lipinski definition) is 5. The zero-order chi connectivity index (χ0) is 18.2. The molecule has 132 valence electrons. The summed E-state index contributed by atoms with van der Waals surface area (Å²) in [6.07, 6.45) is -0.780. The highest BCUT2D eigenvalue weighted by atomic mass is 35.5. The van der Waals surface area contributed by atoms with Crippen molar-refractivity contribution in [1.82, 2.24) is 0 Å². The van der Waals surface area contributed by atoms with Gasteiger partial charge in [-0.1, -0.05) is 11.6 Å². The number of hydrogen-bond donors (Lipinski definition) is 2. The van der Waals surface area contributed by atoms with Crippen molar-refractivity contribution in [2.45, 2.75) is 6.92 Å². The summed E-state index contributed by atoms with van der Waals surface area (Å²) >= 11 is 6.01. The molecule has 2 amide bonds. The molecule has 7 nitrogen and oxygen atoms in total. The van der Waals surface area contributed by atoms with Crippen LogP contribution in [0.3, 0.4) is 0 Å². The Hall–Kier alpha value is -2.93. The maximum Gasteiger partial charge on any atom is 0.513 e. The van der Waals surface area contributed by atoms with E-state index in [1.807, 2.05) is 0 Å². The summed E-state index contributed by atoms with van der Waals surface area (Å²) < 4.78 is 14.7. The Bertz CT molecular complexity index is 749. The molecule has 0 atom stereocenters. The summed E-state index contributed by atoms with van der Waals surface area (Å²) in [5, 5.41) is 5.69. The SMILES string of the molecule is CCOC(=O)Oc1ccc(NC(=O)Nc2ccc(OC)c(Cl)c2)cc1. The number of urea groups is 1. The van der Waals surface area contributed by atoms with Gasteiger partial charge in [0.1, 0.15) is 11.5 Å². The van der Waals surface area contributed by atoms with Crippen LogP contribution in [0, 0.1) is 0 Å². The fourth-order valence-electron chi connectivity index (χ4n) is 1.89. The predicted molar refractivity (Wildman–Crippen MR) is 94.7 cm³/mol. The Morgan fingerprint density at radius 3 is 2.28 bits per heavy atom. The van der Waals surface area contributed by atoms with Crippen LogP contribution >= 0.6 is 11.6 Å². The fourth-order valence-corrected chi connectivity index (χ4v) is 2.15. The molecule has 0 bridgehead atoms. The molecule has 2 rings (SSSR count). The molecule has 0 aromatic heterocycles. The van der Waals surface area contributed by atoms with Gasteiger partial charge in [0.2, 0.25) is 0 Å². The Morgan fingerprint density at radius 1 is 1.04 bits per heavy atom. The number of carbonyl (C=O) groups is 2. The third kappa shape index (κ3) is 5.58. The average molecular weight is 365 g/mol. The molecule has 0 saturated heterocycles. The van der Waals surface area contributed by atoms with Crippen molar-refractivity contribution in [3.63, 3.8) is 0 Å². The summed E-state index contributed by atoms with van der Waals surface area (Å²) in [5.41, 5.74) is 1.04. The van der Waals surface area contributed by atoms with E-state index in [0.717, 1.165) is 0 Å². The zero-order valence-corrected chi connectivity index (χ0v) is 14.4. The molecular formula is C17H17ClN2O5. The standard InChI is InChI=1S/C17H17ClN2O5/c1-3-24-17(22)25-13-7-4-11(5-8-13)19-16(21)20-12-6-9-15(23-2)14(18)10-12/h4-10H,3H2,1-2H3,(H2,19,20,21). The molecule has 0 unspecified atom stereocenters. The highest BCUT2D eigenvalue weighted by Crippen LogP contribution is 2.27. The van der Waals surface area contributed by atoms with E-state index >= 15 is 0 Å². The summed E-state index contributed by atoms with van der Waals surface area (Å²) in [7, 11) is 1.51. The van der Waals surface area contributed by atoms with E-state index in [-0.39, 0.29) is 6.61 Å². The molecule has 0 aliphatic carbocycles. The first-order chi connectivity index (χ1) is 12.0. The van der Waals surface area contributed by atoms with Crippen LogP contribution in [0.15, 0.2) is 42.5 Å². The Labute approximate surface area is 149 Å². The number of benzene rings is 2. The molecule has 0 spiro atoms. The van der Waals surface area contributed by atoms with Crippen molar-refractivity contribution >= 4 is 35.2 Å². The van der Waals surface area contributed by atoms with Gasteiger partial charge in [-0.15, -0.1) is 0 Å². The van der Waals surface area contributed by atoms with Crippen molar-refractivity contribution in [2.75, 3.05) is 24.4 Å². The number of methoxy groups -OCH3 is 1. The molecule has 0 aliphatic rings. The number of carbonyl (C=O) groups excluding carboxylic acids is 2. The lowest BCUT2D eigenvalue weighted by Gasteiger charge is -2.10. The highest BCUT2D eigenvalue weighted by Gasteiger charge is 2.08. The van der Waals surface area contributed by atoms with Crippen LogP contribution in [0.1, 0.15) is 6.92 Å².